The van der Waals surface area contributed by atoms with Crippen molar-refractivity contribution in [3.63, 3.8) is 0 Å². The largest absolute Gasteiger partial charge is 0.309 e. The molecule has 0 amide bonds. The Balaban J connectivity index is 1.17. The van der Waals surface area contributed by atoms with Crippen LogP contribution in [0.1, 0.15) is 21.9 Å². The van der Waals surface area contributed by atoms with E-state index in [0.29, 0.717) is 11.0 Å². The SMILES string of the molecule is [2H]c1c([2H])c([2H])c2c(c1[2H])c1c([2H])c([2H])c([2H])c([2H])c1n2-c1cc(-c2ccccc2-n2c3c([2H])c([2H])c([2H])c([2H])c3c3c([2H])c([2H])c([2H])c([2H])c32)nc(-n2c3ccccc3c3ccc([Si](c4ccccc4)(c4ccccc4)c4ccccc4)cc32)n1. The second-order valence-electron chi connectivity index (χ2n) is 16.9. The van der Waals surface area contributed by atoms with Crippen molar-refractivity contribution in [1.82, 2.24) is 23.7 Å². The molecule has 0 saturated carbocycles. The highest BCUT2D eigenvalue weighted by Crippen LogP contribution is 2.39. The van der Waals surface area contributed by atoms with Crippen molar-refractivity contribution in [2.75, 3.05) is 0 Å². The van der Waals surface area contributed by atoms with E-state index in [4.69, 9.17) is 20.9 Å². The zero-order valence-electron chi connectivity index (χ0n) is 52.8. The highest BCUT2D eigenvalue weighted by molar-refractivity contribution is 7.20. The lowest BCUT2D eigenvalue weighted by Gasteiger charge is -2.34. The molecule has 0 aliphatic heterocycles. The van der Waals surface area contributed by atoms with Crippen molar-refractivity contribution in [2.45, 2.75) is 0 Å². The molecule has 4 heterocycles. The number of hydrogen-bond donors (Lipinski definition) is 0. The molecule has 0 aliphatic carbocycles. The minimum atomic E-state index is -3.24. The van der Waals surface area contributed by atoms with E-state index in [2.05, 4.69) is 54.6 Å². The highest BCUT2D eigenvalue weighted by atomic mass is 28.3. The molecule has 6 heteroatoms. The van der Waals surface area contributed by atoms with Gasteiger partial charge in [-0.2, -0.15) is 4.98 Å². The van der Waals surface area contributed by atoms with E-state index in [0.717, 1.165) is 31.5 Å². The third kappa shape index (κ3) is 5.97. The molecule has 14 rings (SSSR count). The van der Waals surface area contributed by atoms with E-state index >= 15 is 0 Å². The van der Waals surface area contributed by atoms with Crippen LogP contribution in [0.3, 0.4) is 0 Å². The van der Waals surface area contributed by atoms with Gasteiger partial charge >= 0.3 is 0 Å². The summed E-state index contributed by atoms with van der Waals surface area (Å²) >= 11 is 0. The maximum absolute atomic E-state index is 9.54. The van der Waals surface area contributed by atoms with E-state index in [9.17, 15) is 11.0 Å². The summed E-state index contributed by atoms with van der Waals surface area (Å²) in [6.07, 6.45) is 0. The topological polar surface area (TPSA) is 40.6 Å². The van der Waals surface area contributed by atoms with Gasteiger partial charge in [0.05, 0.1) is 66.4 Å². The molecule has 0 aliphatic rings. The summed E-state index contributed by atoms with van der Waals surface area (Å²) in [5.74, 6) is -0.116. The Hall–Kier alpha value is -9.10. The van der Waals surface area contributed by atoms with Crippen molar-refractivity contribution in [2.24, 2.45) is 0 Å². The lowest BCUT2D eigenvalue weighted by molar-refractivity contribution is 0.951. The molecule has 5 nitrogen and oxygen atoms in total. The van der Waals surface area contributed by atoms with E-state index in [1.807, 2.05) is 83.4 Å². The van der Waals surface area contributed by atoms with Crippen LogP contribution in [0.15, 0.2) is 260 Å². The average molecular weight is 926 g/mol. The van der Waals surface area contributed by atoms with Crippen LogP contribution in [0.25, 0.3) is 94.1 Å². The summed E-state index contributed by atoms with van der Waals surface area (Å²) in [5, 5.41) is 5.29. The second kappa shape index (κ2) is 16.0. The lowest BCUT2D eigenvalue weighted by atomic mass is 10.1. The Labute approximate surface area is 427 Å². The van der Waals surface area contributed by atoms with Crippen molar-refractivity contribution < 1.29 is 21.9 Å². The Kier molecular flexibility index (Phi) is 6.19. The fourth-order valence-electron chi connectivity index (χ4n) is 10.5. The summed E-state index contributed by atoms with van der Waals surface area (Å²) < 4.78 is 150. The first kappa shape index (κ1) is 27.0. The maximum atomic E-state index is 9.54. The molecule has 0 radical (unpaired) electrons. The second-order valence-corrected chi connectivity index (χ2v) is 20.7. The predicted octanol–water partition coefficient (Wildman–Crippen LogP) is 12.8. The Bertz CT molecular complexity index is 5010. The Morgan fingerprint density at radius 2 is 0.786 bits per heavy atom. The molecule has 0 fully saturated rings. The highest BCUT2D eigenvalue weighted by Gasteiger charge is 2.41. The lowest BCUT2D eigenvalue weighted by Crippen LogP contribution is -2.74. The third-order valence-corrected chi connectivity index (χ3v) is 18.1. The molecule has 14 aromatic rings. The van der Waals surface area contributed by atoms with Crippen molar-refractivity contribution in [3.8, 4) is 28.7 Å². The van der Waals surface area contributed by atoms with E-state index in [1.165, 1.54) is 15.2 Å². The van der Waals surface area contributed by atoms with Gasteiger partial charge in [0.15, 0.2) is 8.07 Å². The average Bonchev–Trinajstić information content (AvgIpc) is 1.57. The van der Waals surface area contributed by atoms with Gasteiger partial charge in [-0.3, -0.25) is 9.13 Å². The van der Waals surface area contributed by atoms with Gasteiger partial charge in [0.25, 0.3) is 0 Å². The quantitative estimate of drug-likeness (QED) is 0.113. The van der Waals surface area contributed by atoms with Crippen LogP contribution in [0, 0.1) is 0 Å². The molecule has 10 aromatic carbocycles. The number of benzene rings is 10. The number of aromatic nitrogens is 5. The minimum absolute atomic E-state index is 0.00946. The summed E-state index contributed by atoms with van der Waals surface area (Å²) in [6, 6.07) is 44.1. The van der Waals surface area contributed by atoms with Crippen LogP contribution in [-0.2, 0) is 0 Å². The molecule has 0 saturated heterocycles. The van der Waals surface area contributed by atoms with Gasteiger partial charge in [-0.1, -0.05) is 212 Å². The van der Waals surface area contributed by atoms with Crippen molar-refractivity contribution in [1.29, 1.82) is 0 Å². The number of hydrogen-bond acceptors (Lipinski definition) is 2. The van der Waals surface area contributed by atoms with E-state index < -0.39 is 105 Å². The molecule has 4 aromatic heterocycles. The summed E-state index contributed by atoms with van der Waals surface area (Å²) in [4.78, 5) is 10.8. The Morgan fingerprint density at radius 1 is 0.329 bits per heavy atom. The fourth-order valence-corrected chi connectivity index (χ4v) is 15.2. The number of nitrogens with zero attached hydrogens (tertiary/aromatic N) is 5. The monoisotopic (exact) mass is 925 g/mol. The predicted molar refractivity (Wildman–Crippen MR) is 294 cm³/mol. The van der Waals surface area contributed by atoms with Crippen LogP contribution < -0.4 is 20.7 Å². The smallest absolute Gasteiger partial charge is 0.237 e. The third-order valence-electron chi connectivity index (χ3n) is 13.3. The molecule has 0 atom stereocenters. The van der Waals surface area contributed by atoms with Crippen molar-refractivity contribution in [3.05, 3.63) is 260 Å². The van der Waals surface area contributed by atoms with Crippen LogP contribution in [0.4, 0.5) is 0 Å². The first-order chi connectivity index (χ1) is 41.4. The molecular weight excluding hydrogens is 867 g/mol. The number of para-hydroxylation sites is 6. The summed E-state index contributed by atoms with van der Waals surface area (Å²) in [6.45, 7) is 0. The van der Waals surface area contributed by atoms with Crippen LogP contribution >= 0.6 is 0 Å². The molecule has 0 N–H and O–H groups in total. The van der Waals surface area contributed by atoms with Gasteiger partial charge in [-0.15, -0.1) is 0 Å². The summed E-state index contributed by atoms with van der Waals surface area (Å²) in [7, 11) is -3.24. The van der Waals surface area contributed by atoms with Gasteiger partial charge in [0.1, 0.15) is 5.82 Å². The van der Waals surface area contributed by atoms with Crippen LogP contribution in [0.2, 0.25) is 0 Å². The van der Waals surface area contributed by atoms with Crippen LogP contribution in [0.5, 0.6) is 0 Å². The molecule has 328 valence electrons. The van der Waals surface area contributed by atoms with Crippen LogP contribution in [-0.4, -0.2) is 31.7 Å². The van der Waals surface area contributed by atoms with Crippen molar-refractivity contribution >= 4 is 94.2 Å². The zero-order chi connectivity index (χ0) is 60.1. The fraction of sp³-hybridized carbons (Fsp3) is 0. The van der Waals surface area contributed by atoms with Gasteiger partial charge in [0.2, 0.25) is 5.95 Å². The normalized spacial score (nSPS) is 15.2. The molecule has 0 bridgehead atoms. The van der Waals surface area contributed by atoms with Gasteiger partial charge < -0.3 is 4.57 Å². The number of rotatable bonds is 8. The molecule has 70 heavy (non-hydrogen) atoms. The first-order valence-corrected chi connectivity index (χ1v) is 24.6. The van der Waals surface area contributed by atoms with E-state index in [-0.39, 0.29) is 72.3 Å². The Morgan fingerprint density at radius 3 is 1.34 bits per heavy atom. The van der Waals surface area contributed by atoms with Gasteiger partial charge in [-0.25, -0.2) is 4.98 Å². The molecule has 0 spiro atoms. The zero-order valence-corrected chi connectivity index (χ0v) is 37.8. The maximum Gasteiger partial charge on any atom is 0.237 e. The van der Waals surface area contributed by atoms with Gasteiger partial charge in [-0.05, 0) is 63.1 Å². The molecular formula is C64H43N5Si. The molecule has 0 unspecified atom stereocenters. The standard InChI is InChI=1S/C64H43N5Si/c1-4-22-44(23-5-1)70(45-24-6-2-7-25-45,46-26-8-3-9-27-46)47-40-41-53-52-32-14-20-38-60(52)69(62(53)42-47)64-65-55(43-63(66-64)68-58-36-18-12-30-50(58)51-31-13-19-37-59(51)68)54-33-15-21-39-61(54)67-56-34-16-10-28-48(56)49-29-11-17-35-57(49)67/h1-43H/i10D,11D,12D,13D,16D,17D,18D,19D,28D,29D,30D,31D,34D,35D,36D,37D. The summed E-state index contributed by atoms with van der Waals surface area (Å²) in [5.41, 5.74) is 1.05. The first-order valence-electron chi connectivity index (χ1n) is 30.6. The van der Waals surface area contributed by atoms with Gasteiger partial charge in [0, 0.05) is 43.9 Å². The van der Waals surface area contributed by atoms with E-state index in [1.54, 1.807) is 24.3 Å². The number of fused-ring (bicyclic) bond motifs is 9. The minimum Gasteiger partial charge on any atom is -0.309 e.